The Kier molecular flexibility index (Phi) is 5.50. The van der Waals surface area contributed by atoms with Crippen LogP contribution in [0.15, 0.2) is 41.5 Å². The van der Waals surface area contributed by atoms with Crippen LogP contribution in [0.1, 0.15) is 31.2 Å². The van der Waals surface area contributed by atoms with Crippen LogP contribution in [0.5, 0.6) is 0 Å². The van der Waals surface area contributed by atoms with E-state index in [4.69, 9.17) is 11.6 Å². The van der Waals surface area contributed by atoms with Gasteiger partial charge in [0.15, 0.2) is 0 Å². The Morgan fingerprint density at radius 2 is 2.24 bits per heavy atom. The number of pyridine rings is 2. The van der Waals surface area contributed by atoms with Crippen molar-refractivity contribution < 1.29 is 4.79 Å². The van der Waals surface area contributed by atoms with Crippen molar-refractivity contribution in [2.75, 3.05) is 18.4 Å². The third-order valence-electron chi connectivity index (χ3n) is 4.64. The topological polar surface area (TPSA) is 78.1 Å². The largest absolute Gasteiger partial charge is 0.329 e. The minimum Gasteiger partial charge on any atom is -0.329 e. The fraction of sp³-hybridized carbons (Fsp3) is 0.389. The standard InChI is InChI=1S/C18H21ClN4O2/c1-12(18(25)22-16-6-5-15(19)10-20-16)23-8-2-3-14(11-23)13-4-7-17(24)21-9-13/h4-7,9-10,12,14H,2-3,8,11H2,1H3,(H,21,24)(H,20,22,25). The van der Waals surface area contributed by atoms with Crippen molar-refractivity contribution in [2.24, 2.45) is 0 Å². The summed E-state index contributed by atoms with van der Waals surface area (Å²) in [6, 6.07) is 6.54. The highest BCUT2D eigenvalue weighted by Gasteiger charge is 2.28. The Balaban J connectivity index is 1.63. The molecule has 0 radical (unpaired) electrons. The number of piperidine rings is 1. The fourth-order valence-electron chi connectivity index (χ4n) is 3.15. The third kappa shape index (κ3) is 4.46. The number of aromatic amines is 1. The maximum absolute atomic E-state index is 12.5. The minimum atomic E-state index is -0.261. The maximum atomic E-state index is 12.5. The molecule has 2 unspecified atom stereocenters. The lowest BCUT2D eigenvalue weighted by atomic mass is 9.91. The fourth-order valence-corrected chi connectivity index (χ4v) is 3.26. The van der Waals surface area contributed by atoms with Crippen molar-refractivity contribution in [3.05, 3.63) is 57.6 Å². The average molecular weight is 361 g/mol. The molecule has 7 heteroatoms. The van der Waals surface area contributed by atoms with Crippen molar-refractivity contribution in [1.82, 2.24) is 14.9 Å². The number of carbonyl (C=O) groups is 1. The summed E-state index contributed by atoms with van der Waals surface area (Å²) >= 11 is 5.81. The van der Waals surface area contributed by atoms with Crippen LogP contribution in [-0.2, 0) is 4.79 Å². The summed E-state index contributed by atoms with van der Waals surface area (Å²) in [4.78, 5) is 32.7. The molecule has 0 spiro atoms. The number of nitrogens with zero attached hydrogens (tertiary/aromatic N) is 2. The van der Waals surface area contributed by atoms with E-state index in [1.54, 1.807) is 24.4 Å². The summed E-state index contributed by atoms with van der Waals surface area (Å²) < 4.78 is 0. The van der Waals surface area contributed by atoms with E-state index in [1.165, 1.54) is 6.20 Å². The van der Waals surface area contributed by atoms with Crippen molar-refractivity contribution >= 4 is 23.3 Å². The van der Waals surface area contributed by atoms with Crippen LogP contribution >= 0.6 is 11.6 Å². The van der Waals surface area contributed by atoms with Gasteiger partial charge in [-0.1, -0.05) is 17.7 Å². The molecule has 1 aliphatic rings. The number of hydrogen-bond donors (Lipinski definition) is 2. The zero-order valence-corrected chi connectivity index (χ0v) is 14.8. The zero-order valence-electron chi connectivity index (χ0n) is 14.0. The van der Waals surface area contributed by atoms with Crippen LogP contribution in [0, 0.1) is 0 Å². The molecule has 1 fully saturated rings. The predicted molar refractivity (Wildman–Crippen MR) is 97.9 cm³/mol. The highest BCUT2D eigenvalue weighted by atomic mass is 35.5. The van der Waals surface area contributed by atoms with Gasteiger partial charge in [0, 0.05) is 25.0 Å². The van der Waals surface area contributed by atoms with E-state index in [2.05, 4.69) is 20.2 Å². The number of anilines is 1. The van der Waals surface area contributed by atoms with Crippen LogP contribution in [0.4, 0.5) is 5.82 Å². The molecule has 0 saturated carbocycles. The van der Waals surface area contributed by atoms with Gasteiger partial charge in [0.25, 0.3) is 0 Å². The van der Waals surface area contributed by atoms with Crippen molar-refractivity contribution in [1.29, 1.82) is 0 Å². The molecule has 3 heterocycles. The number of nitrogens with one attached hydrogen (secondary N) is 2. The monoisotopic (exact) mass is 360 g/mol. The molecule has 132 valence electrons. The molecular formula is C18H21ClN4O2. The van der Waals surface area contributed by atoms with E-state index < -0.39 is 0 Å². The number of amides is 1. The predicted octanol–water partition coefficient (Wildman–Crippen LogP) is 2.63. The molecule has 0 aromatic carbocycles. The second-order valence-corrected chi connectivity index (χ2v) is 6.78. The summed E-state index contributed by atoms with van der Waals surface area (Å²) in [6.45, 7) is 3.57. The van der Waals surface area contributed by atoms with Crippen LogP contribution in [-0.4, -0.2) is 39.9 Å². The molecule has 25 heavy (non-hydrogen) atoms. The van der Waals surface area contributed by atoms with E-state index >= 15 is 0 Å². The van der Waals surface area contributed by atoms with E-state index in [1.807, 2.05) is 13.0 Å². The van der Waals surface area contributed by atoms with Gasteiger partial charge in [0.05, 0.1) is 11.1 Å². The molecule has 2 N–H and O–H groups in total. The zero-order chi connectivity index (χ0) is 17.8. The molecule has 3 rings (SSSR count). The van der Waals surface area contributed by atoms with Gasteiger partial charge in [0.1, 0.15) is 5.82 Å². The number of halogens is 1. The van der Waals surface area contributed by atoms with Crippen LogP contribution in [0.3, 0.4) is 0 Å². The molecule has 0 aliphatic carbocycles. The Hall–Kier alpha value is -2.18. The molecule has 2 aromatic rings. The lowest BCUT2D eigenvalue weighted by Crippen LogP contribution is -2.46. The Morgan fingerprint density at radius 3 is 2.92 bits per heavy atom. The van der Waals surface area contributed by atoms with Crippen molar-refractivity contribution in [3.8, 4) is 0 Å². The summed E-state index contributed by atoms with van der Waals surface area (Å²) in [5, 5.41) is 3.36. The number of carbonyl (C=O) groups excluding carboxylic acids is 1. The first kappa shape index (κ1) is 17.6. The quantitative estimate of drug-likeness (QED) is 0.878. The highest BCUT2D eigenvalue weighted by molar-refractivity contribution is 6.30. The van der Waals surface area contributed by atoms with E-state index in [0.29, 0.717) is 16.8 Å². The average Bonchev–Trinajstić information content (AvgIpc) is 2.63. The summed E-state index contributed by atoms with van der Waals surface area (Å²) in [5.74, 6) is 0.724. The Morgan fingerprint density at radius 1 is 1.40 bits per heavy atom. The van der Waals surface area contributed by atoms with Crippen LogP contribution < -0.4 is 10.9 Å². The molecule has 1 aliphatic heterocycles. The molecule has 0 bridgehead atoms. The minimum absolute atomic E-state index is 0.0862. The van der Waals surface area contributed by atoms with Gasteiger partial charge in [-0.15, -0.1) is 0 Å². The number of likely N-dealkylation sites (tertiary alicyclic amines) is 1. The molecule has 2 atom stereocenters. The molecular weight excluding hydrogens is 340 g/mol. The SMILES string of the molecule is CC(C(=O)Nc1ccc(Cl)cn1)N1CCCC(c2ccc(=O)[nH]c2)C1. The van der Waals surface area contributed by atoms with Crippen LogP contribution in [0.2, 0.25) is 5.02 Å². The lowest BCUT2D eigenvalue weighted by molar-refractivity contribution is -0.121. The van der Waals surface area contributed by atoms with E-state index in [0.717, 1.165) is 31.5 Å². The maximum Gasteiger partial charge on any atom is 0.247 e. The van der Waals surface area contributed by atoms with Crippen molar-refractivity contribution in [2.45, 2.75) is 31.7 Å². The van der Waals surface area contributed by atoms with E-state index in [-0.39, 0.29) is 17.5 Å². The number of rotatable bonds is 4. The smallest absolute Gasteiger partial charge is 0.247 e. The highest BCUT2D eigenvalue weighted by Crippen LogP contribution is 2.27. The van der Waals surface area contributed by atoms with Crippen molar-refractivity contribution in [3.63, 3.8) is 0 Å². The molecule has 2 aromatic heterocycles. The van der Waals surface area contributed by atoms with Crippen LogP contribution in [0.25, 0.3) is 0 Å². The second kappa shape index (κ2) is 7.80. The second-order valence-electron chi connectivity index (χ2n) is 6.35. The van der Waals surface area contributed by atoms with Gasteiger partial charge in [-0.05, 0) is 49.9 Å². The molecule has 1 saturated heterocycles. The molecule has 6 nitrogen and oxygen atoms in total. The van der Waals surface area contributed by atoms with Gasteiger partial charge in [-0.2, -0.15) is 0 Å². The molecule has 1 amide bonds. The summed E-state index contributed by atoms with van der Waals surface area (Å²) in [7, 11) is 0. The van der Waals surface area contributed by atoms with Gasteiger partial charge < -0.3 is 10.3 Å². The van der Waals surface area contributed by atoms with Gasteiger partial charge in [0.2, 0.25) is 11.5 Å². The number of H-pyrrole nitrogens is 1. The lowest BCUT2D eigenvalue weighted by Gasteiger charge is -2.36. The van der Waals surface area contributed by atoms with Gasteiger partial charge in [-0.3, -0.25) is 14.5 Å². The Bertz CT molecular complexity index is 770. The number of aromatic nitrogens is 2. The van der Waals surface area contributed by atoms with E-state index in [9.17, 15) is 9.59 Å². The first-order chi connectivity index (χ1) is 12.0. The Labute approximate surface area is 151 Å². The normalized spacial score (nSPS) is 19.4. The summed E-state index contributed by atoms with van der Waals surface area (Å²) in [6.07, 6.45) is 5.35. The third-order valence-corrected chi connectivity index (χ3v) is 4.86. The summed E-state index contributed by atoms with van der Waals surface area (Å²) in [5.41, 5.74) is 1.01. The van der Waals surface area contributed by atoms with Gasteiger partial charge >= 0.3 is 0 Å². The van der Waals surface area contributed by atoms with Gasteiger partial charge in [-0.25, -0.2) is 4.98 Å². The first-order valence-corrected chi connectivity index (χ1v) is 8.76. The number of hydrogen-bond acceptors (Lipinski definition) is 4. The first-order valence-electron chi connectivity index (χ1n) is 8.38.